The third-order valence-corrected chi connectivity index (χ3v) is 4.94. The fourth-order valence-corrected chi connectivity index (χ4v) is 3.60. The van der Waals surface area contributed by atoms with Gasteiger partial charge in [0.05, 0.1) is 12.7 Å². The van der Waals surface area contributed by atoms with Gasteiger partial charge in [-0.2, -0.15) is 5.06 Å². The topological polar surface area (TPSA) is 38.8 Å². The van der Waals surface area contributed by atoms with E-state index < -0.39 is 6.23 Å². The minimum absolute atomic E-state index is 0.0979. The highest BCUT2D eigenvalue weighted by molar-refractivity contribution is 5.98. The van der Waals surface area contributed by atoms with Crippen LogP contribution < -0.4 is 0 Å². The van der Waals surface area contributed by atoms with Gasteiger partial charge in [0.25, 0.3) is 5.91 Å². The van der Waals surface area contributed by atoms with Gasteiger partial charge in [-0.25, -0.2) is 0 Å². The van der Waals surface area contributed by atoms with Gasteiger partial charge in [-0.15, -0.1) is 0 Å². The Kier molecular flexibility index (Phi) is 4.81. The van der Waals surface area contributed by atoms with Crippen LogP contribution in [0.3, 0.4) is 0 Å². The Hall–Kier alpha value is -2.17. The van der Waals surface area contributed by atoms with Gasteiger partial charge >= 0.3 is 0 Å². The maximum absolute atomic E-state index is 12.8. The van der Waals surface area contributed by atoms with E-state index in [2.05, 4.69) is 0 Å². The number of rotatable bonds is 5. The van der Waals surface area contributed by atoms with E-state index in [1.807, 2.05) is 54.6 Å². The normalized spacial score (nSPS) is 20.7. The molecule has 1 aliphatic carbocycles. The minimum atomic E-state index is -0.481. The van der Waals surface area contributed by atoms with E-state index in [1.165, 1.54) is 11.5 Å². The zero-order chi connectivity index (χ0) is 17.1. The first-order chi connectivity index (χ1) is 12.3. The van der Waals surface area contributed by atoms with Crippen molar-refractivity contribution in [3.05, 3.63) is 71.3 Å². The lowest BCUT2D eigenvalue weighted by molar-refractivity contribution is -0.248. The van der Waals surface area contributed by atoms with E-state index >= 15 is 0 Å². The molecule has 1 saturated carbocycles. The largest absolute Gasteiger partial charge is 0.347 e. The number of carbonyl (C=O) groups excluding carboxylic acids is 1. The third-order valence-electron chi connectivity index (χ3n) is 4.94. The molecule has 2 aromatic carbocycles. The molecule has 0 radical (unpaired) electrons. The summed E-state index contributed by atoms with van der Waals surface area (Å²) in [6, 6.07) is 17.6. The Balaban J connectivity index is 1.54. The van der Waals surface area contributed by atoms with Crippen molar-refractivity contribution in [3.8, 4) is 0 Å². The Morgan fingerprint density at radius 3 is 2.44 bits per heavy atom. The number of hydrogen-bond donors (Lipinski definition) is 0. The molecule has 1 atom stereocenters. The Bertz CT molecular complexity index is 725. The summed E-state index contributed by atoms with van der Waals surface area (Å²) in [5.74, 6) is -0.0979. The predicted molar refractivity (Wildman–Crippen MR) is 94.5 cm³/mol. The molecule has 1 amide bonds. The first-order valence-electron chi connectivity index (χ1n) is 9.08. The van der Waals surface area contributed by atoms with Crippen molar-refractivity contribution < 1.29 is 14.4 Å². The van der Waals surface area contributed by atoms with Gasteiger partial charge in [0.15, 0.2) is 6.23 Å². The lowest BCUT2D eigenvalue weighted by Gasteiger charge is -2.30. The van der Waals surface area contributed by atoms with Crippen LogP contribution in [0.4, 0.5) is 0 Å². The molecule has 4 rings (SSSR count). The highest BCUT2D eigenvalue weighted by atomic mass is 16.7. The van der Waals surface area contributed by atoms with Crippen molar-refractivity contribution in [2.45, 2.75) is 51.0 Å². The average molecular weight is 337 g/mol. The zero-order valence-electron chi connectivity index (χ0n) is 14.3. The second kappa shape index (κ2) is 7.38. The number of hydrogen-bond acceptors (Lipinski definition) is 3. The van der Waals surface area contributed by atoms with Gasteiger partial charge in [0, 0.05) is 11.1 Å². The van der Waals surface area contributed by atoms with Crippen LogP contribution >= 0.6 is 0 Å². The highest BCUT2D eigenvalue weighted by Gasteiger charge is 2.40. The molecule has 2 aromatic rings. The summed E-state index contributed by atoms with van der Waals surface area (Å²) < 4.78 is 6.12. The number of fused-ring (bicyclic) bond motifs is 1. The quantitative estimate of drug-likeness (QED) is 0.799. The van der Waals surface area contributed by atoms with Gasteiger partial charge in [0.2, 0.25) is 0 Å². The van der Waals surface area contributed by atoms with Crippen LogP contribution in [0.5, 0.6) is 0 Å². The molecular formula is C21H23NO3. The molecule has 1 unspecified atom stereocenters. The summed E-state index contributed by atoms with van der Waals surface area (Å²) >= 11 is 0. The summed E-state index contributed by atoms with van der Waals surface area (Å²) in [5, 5.41) is 1.46. The summed E-state index contributed by atoms with van der Waals surface area (Å²) in [7, 11) is 0. The van der Waals surface area contributed by atoms with Crippen LogP contribution in [0.2, 0.25) is 0 Å². The lowest BCUT2D eigenvalue weighted by atomic mass is 9.98. The molecule has 1 aliphatic heterocycles. The molecule has 0 saturated heterocycles. The first-order valence-corrected chi connectivity index (χ1v) is 9.08. The Morgan fingerprint density at radius 2 is 1.64 bits per heavy atom. The predicted octanol–water partition coefficient (Wildman–Crippen LogP) is 4.62. The van der Waals surface area contributed by atoms with Crippen molar-refractivity contribution in [1.82, 2.24) is 5.06 Å². The average Bonchev–Trinajstić information content (AvgIpc) is 2.94. The second-order valence-corrected chi connectivity index (χ2v) is 6.73. The molecule has 25 heavy (non-hydrogen) atoms. The summed E-state index contributed by atoms with van der Waals surface area (Å²) in [4.78, 5) is 18.9. The number of nitrogens with zero attached hydrogens (tertiary/aromatic N) is 1. The molecule has 2 aliphatic rings. The van der Waals surface area contributed by atoms with Crippen molar-refractivity contribution in [1.29, 1.82) is 0 Å². The first kappa shape index (κ1) is 16.3. The third kappa shape index (κ3) is 3.46. The number of amides is 1. The van der Waals surface area contributed by atoms with E-state index in [-0.39, 0.29) is 12.0 Å². The van der Waals surface area contributed by atoms with Crippen molar-refractivity contribution in [2.75, 3.05) is 0 Å². The summed E-state index contributed by atoms with van der Waals surface area (Å²) in [5.41, 5.74) is 2.65. The minimum Gasteiger partial charge on any atom is -0.347 e. The van der Waals surface area contributed by atoms with E-state index in [0.717, 1.165) is 36.8 Å². The van der Waals surface area contributed by atoms with Crippen molar-refractivity contribution >= 4 is 5.91 Å². The molecule has 4 nitrogen and oxygen atoms in total. The number of ether oxygens (including phenoxy) is 1. The molecule has 0 aromatic heterocycles. The van der Waals surface area contributed by atoms with Crippen LogP contribution in [0.25, 0.3) is 0 Å². The Morgan fingerprint density at radius 1 is 0.920 bits per heavy atom. The van der Waals surface area contributed by atoms with Crippen molar-refractivity contribution in [2.24, 2.45) is 0 Å². The van der Waals surface area contributed by atoms with Crippen LogP contribution in [0.15, 0.2) is 54.6 Å². The van der Waals surface area contributed by atoms with Gasteiger partial charge < -0.3 is 4.74 Å². The van der Waals surface area contributed by atoms with Crippen LogP contribution in [-0.2, 0) is 16.2 Å². The highest BCUT2D eigenvalue weighted by Crippen LogP contribution is 2.37. The smallest absolute Gasteiger partial charge is 0.280 e. The standard InChI is InChI=1S/C21H23NO3/c23-20-18-13-7-8-14-19(18)21(24-15-16-9-3-1-4-10-16)22(20)25-17-11-5-2-6-12-17/h1,3-4,7-10,13-14,17,21H,2,5-6,11-12,15H2. The fraction of sp³-hybridized carbons (Fsp3) is 0.381. The van der Waals surface area contributed by atoms with Gasteiger partial charge in [-0.1, -0.05) is 67.8 Å². The van der Waals surface area contributed by atoms with Gasteiger partial charge in [-0.05, 0) is 24.5 Å². The number of hydroxylamine groups is 2. The molecular weight excluding hydrogens is 314 g/mol. The number of benzene rings is 2. The van der Waals surface area contributed by atoms with Crippen molar-refractivity contribution in [3.63, 3.8) is 0 Å². The summed E-state index contributed by atoms with van der Waals surface area (Å²) in [6.07, 6.45) is 5.21. The molecule has 0 spiro atoms. The van der Waals surface area contributed by atoms with Gasteiger partial charge in [-0.3, -0.25) is 9.63 Å². The summed E-state index contributed by atoms with van der Waals surface area (Å²) in [6.45, 7) is 0.442. The van der Waals surface area contributed by atoms with E-state index in [0.29, 0.717) is 12.2 Å². The molecule has 1 fully saturated rings. The number of carbonyl (C=O) groups is 1. The molecule has 4 heteroatoms. The SMILES string of the molecule is O=C1c2ccccc2C(OCc2ccccc2)N1OC1CCCCC1. The maximum atomic E-state index is 12.8. The van der Waals surface area contributed by atoms with Crippen LogP contribution in [-0.4, -0.2) is 17.1 Å². The van der Waals surface area contributed by atoms with Crippen LogP contribution in [0, 0.1) is 0 Å². The molecule has 0 bridgehead atoms. The molecule has 1 heterocycles. The van der Waals surface area contributed by atoms with Crippen LogP contribution in [0.1, 0.15) is 59.8 Å². The fourth-order valence-electron chi connectivity index (χ4n) is 3.60. The Labute approximate surface area is 148 Å². The zero-order valence-corrected chi connectivity index (χ0v) is 14.3. The van der Waals surface area contributed by atoms with Gasteiger partial charge in [0.1, 0.15) is 0 Å². The molecule has 130 valence electrons. The van der Waals surface area contributed by atoms with E-state index in [9.17, 15) is 4.79 Å². The monoisotopic (exact) mass is 337 g/mol. The molecule has 0 N–H and O–H groups in total. The van der Waals surface area contributed by atoms with E-state index in [4.69, 9.17) is 9.57 Å². The lowest BCUT2D eigenvalue weighted by Crippen LogP contribution is -2.35. The maximum Gasteiger partial charge on any atom is 0.280 e. The second-order valence-electron chi connectivity index (χ2n) is 6.73. The van der Waals surface area contributed by atoms with E-state index in [1.54, 1.807) is 0 Å².